The van der Waals surface area contributed by atoms with Crippen LogP contribution in [-0.2, 0) is 13.0 Å². The number of nitrogens with one attached hydrogen (secondary N) is 2. The van der Waals surface area contributed by atoms with Crippen LogP contribution in [0.3, 0.4) is 0 Å². The number of aromatic nitrogens is 2. The zero-order chi connectivity index (χ0) is 15.6. The van der Waals surface area contributed by atoms with Crippen LogP contribution in [0, 0.1) is 0 Å². The first-order valence-electron chi connectivity index (χ1n) is 8.43. The molecule has 2 aliphatic rings. The Morgan fingerprint density at radius 3 is 3.00 bits per heavy atom. The second-order valence-corrected chi connectivity index (χ2v) is 6.52. The molecule has 1 unspecified atom stereocenters. The fourth-order valence-electron chi connectivity index (χ4n) is 3.85. The second kappa shape index (κ2) is 6.16. The van der Waals surface area contributed by atoms with Gasteiger partial charge < -0.3 is 10.3 Å². The summed E-state index contributed by atoms with van der Waals surface area (Å²) in [7, 11) is 0. The first-order valence-corrected chi connectivity index (χ1v) is 8.43. The van der Waals surface area contributed by atoms with Crippen LogP contribution in [0.2, 0.25) is 0 Å². The molecule has 120 valence electrons. The third-order valence-corrected chi connectivity index (χ3v) is 4.90. The van der Waals surface area contributed by atoms with Crippen LogP contribution >= 0.6 is 0 Å². The summed E-state index contributed by atoms with van der Waals surface area (Å²) in [6.45, 7) is 3.99. The van der Waals surface area contributed by atoms with E-state index in [2.05, 4.69) is 50.5 Å². The number of aromatic amines is 1. The van der Waals surface area contributed by atoms with Crippen molar-refractivity contribution >= 4 is 5.82 Å². The van der Waals surface area contributed by atoms with E-state index < -0.39 is 0 Å². The van der Waals surface area contributed by atoms with Crippen molar-refractivity contribution in [2.45, 2.75) is 31.7 Å². The molecule has 2 aromatic rings. The van der Waals surface area contributed by atoms with E-state index in [1.54, 1.807) is 0 Å². The SMILES string of the molecule is O=c1nc2c(c(C3CCCN(Cc4ccccc4)C3)[nH]1)CCN2. The maximum Gasteiger partial charge on any atom is 0.347 e. The monoisotopic (exact) mass is 310 g/mol. The number of piperidine rings is 1. The van der Waals surface area contributed by atoms with Crippen molar-refractivity contribution < 1.29 is 0 Å². The molecule has 23 heavy (non-hydrogen) atoms. The Morgan fingerprint density at radius 1 is 1.26 bits per heavy atom. The van der Waals surface area contributed by atoms with Gasteiger partial charge in [0, 0.05) is 36.8 Å². The third kappa shape index (κ3) is 3.01. The Hall–Kier alpha value is -2.14. The fourth-order valence-corrected chi connectivity index (χ4v) is 3.85. The zero-order valence-electron chi connectivity index (χ0n) is 13.2. The first kappa shape index (κ1) is 14.5. The van der Waals surface area contributed by atoms with Crippen molar-refractivity contribution in [1.29, 1.82) is 0 Å². The van der Waals surface area contributed by atoms with Gasteiger partial charge in [0.2, 0.25) is 0 Å². The third-order valence-electron chi connectivity index (χ3n) is 4.90. The van der Waals surface area contributed by atoms with Gasteiger partial charge in [-0.3, -0.25) is 4.90 Å². The molecule has 1 fully saturated rings. The molecule has 0 saturated carbocycles. The van der Waals surface area contributed by atoms with Crippen LogP contribution in [0.25, 0.3) is 0 Å². The summed E-state index contributed by atoms with van der Waals surface area (Å²) in [6.07, 6.45) is 3.27. The second-order valence-electron chi connectivity index (χ2n) is 6.52. The summed E-state index contributed by atoms with van der Waals surface area (Å²) >= 11 is 0. The Bertz CT molecular complexity index is 740. The Morgan fingerprint density at radius 2 is 2.13 bits per heavy atom. The molecule has 0 aliphatic carbocycles. The van der Waals surface area contributed by atoms with Gasteiger partial charge in [0.15, 0.2) is 0 Å². The number of benzene rings is 1. The van der Waals surface area contributed by atoms with E-state index in [4.69, 9.17) is 0 Å². The van der Waals surface area contributed by atoms with E-state index in [1.807, 2.05) is 0 Å². The lowest BCUT2D eigenvalue weighted by molar-refractivity contribution is 0.198. The van der Waals surface area contributed by atoms with Crippen molar-refractivity contribution in [3.63, 3.8) is 0 Å². The number of anilines is 1. The molecule has 4 rings (SSSR count). The minimum atomic E-state index is -0.228. The number of hydrogen-bond acceptors (Lipinski definition) is 4. The molecule has 1 saturated heterocycles. The van der Waals surface area contributed by atoms with E-state index in [9.17, 15) is 4.79 Å². The van der Waals surface area contributed by atoms with Crippen molar-refractivity contribution in [2.75, 3.05) is 25.0 Å². The average Bonchev–Trinajstić information content (AvgIpc) is 3.03. The summed E-state index contributed by atoms with van der Waals surface area (Å²) in [4.78, 5) is 21.4. The normalized spacial score (nSPS) is 21.0. The molecule has 0 spiro atoms. The van der Waals surface area contributed by atoms with Crippen molar-refractivity contribution in [2.24, 2.45) is 0 Å². The molecule has 5 heteroatoms. The van der Waals surface area contributed by atoms with Gasteiger partial charge in [-0.25, -0.2) is 4.79 Å². The average molecular weight is 310 g/mol. The van der Waals surface area contributed by atoms with Crippen molar-refractivity contribution in [1.82, 2.24) is 14.9 Å². The lowest BCUT2D eigenvalue weighted by Crippen LogP contribution is -2.35. The largest absolute Gasteiger partial charge is 0.369 e. The first-order chi connectivity index (χ1) is 11.3. The molecule has 0 radical (unpaired) electrons. The summed E-state index contributed by atoms with van der Waals surface area (Å²) in [6, 6.07) is 10.6. The van der Waals surface area contributed by atoms with Gasteiger partial charge >= 0.3 is 5.69 Å². The van der Waals surface area contributed by atoms with Crippen LogP contribution < -0.4 is 11.0 Å². The number of hydrogen-bond donors (Lipinski definition) is 2. The van der Waals surface area contributed by atoms with Gasteiger partial charge in [-0.05, 0) is 31.4 Å². The molecule has 2 N–H and O–H groups in total. The van der Waals surface area contributed by atoms with Crippen LogP contribution in [-0.4, -0.2) is 34.5 Å². The fraction of sp³-hybridized carbons (Fsp3) is 0.444. The van der Waals surface area contributed by atoms with Crippen LogP contribution in [0.5, 0.6) is 0 Å². The maximum atomic E-state index is 11.8. The summed E-state index contributed by atoms with van der Waals surface area (Å²) in [5.41, 5.74) is 3.45. The van der Waals surface area contributed by atoms with Gasteiger partial charge in [-0.1, -0.05) is 30.3 Å². The van der Waals surface area contributed by atoms with Gasteiger partial charge in [-0.2, -0.15) is 4.98 Å². The Kier molecular flexibility index (Phi) is 3.87. The Balaban J connectivity index is 1.55. The number of rotatable bonds is 3. The van der Waals surface area contributed by atoms with Gasteiger partial charge in [0.1, 0.15) is 5.82 Å². The number of fused-ring (bicyclic) bond motifs is 1. The number of nitrogens with zero attached hydrogens (tertiary/aromatic N) is 2. The lowest BCUT2D eigenvalue weighted by Gasteiger charge is -2.33. The molecule has 1 aromatic heterocycles. The summed E-state index contributed by atoms with van der Waals surface area (Å²) in [5, 5.41) is 3.23. The van der Waals surface area contributed by atoms with E-state index in [0.29, 0.717) is 5.92 Å². The minimum Gasteiger partial charge on any atom is -0.369 e. The van der Waals surface area contributed by atoms with E-state index in [-0.39, 0.29) is 5.69 Å². The van der Waals surface area contributed by atoms with Crippen LogP contribution in [0.4, 0.5) is 5.82 Å². The molecule has 1 atom stereocenters. The van der Waals surface area contributed by atoms with Gasteiger partial charge in [0.25, 0.3) is 0 Å². The van der Waals surface area contributed by atoms with Crippen LogP contribution in [0.1, 0.15) is 35.6 Å². The van der Waals surface area contributed by atoms with Gasteiger partial charge in [-0.15, -0.1) is 0 Å². The molecule has 0 amide bonds. The van der Waals surface area contributed by atoms with Crippen LogP contribution in [0.15, 0.2) is 35.1 Å². The predicted octanol–water partition coefficient (Wildman–Crippen LogP) is 2.12. The minimum absolute atomic E-state index is 0.228. The molecular weight excluding hydrogens is 288 g/mol. The molecule has 1 aromatic carbocycles. The smallest absolute Gasteiger partial charge is 0.347 e. The summed E-state index contributed by atoms with van der Waals surface area (Å²) in [5.74, 6) is 1.20. The van der Waals surface area contributed by atoms with E-state index in [1.165, 1.54) is 17.5 Å². The summed E-state index contributed by atoms with van der Waals surface area (Å²) < 4.78 is 0. The molecule has 0 bridgehead atoms. The van der Waals surface area contributed by atoms with E-state index in [0.717, 1.165) is 50.5 Å². The standard InChI is InChI=1S/C18H22N4O/c23-18-20-16(15-8-9-19-17(15)21-18)14-7-4-10-22(12-14)11-13-5-2-1-3-6-13/h1-3,5-6,14H,4,7-12H2,(H2,19,20,21,23). The maximum absolute atomic E-state index is 11.8. The molecule has 5 nitrogen and oxygen atoms in total. The quantitative estimate of drug-likeness (QED) is 0.911. The highest BCUT2D eigenvalue weighted by Gasteiger charge is 2.27. The van der Waals surface area contributed by atoms with Gasteiger partial charge in [0.05, 0.1) is 0 Å². The number of H-pyrrole nitrogens is 1. The highest BCUT2D eigenvalue weighted by molar-refractivity contribution is 5.51. The highest BCUT2D eigenvalue weighted by Crippen LogP contribution is 2.32. The number of likely N-dealkylation sites (tertiary alicyclic amines) is 1. The zero-order valence-corrected chi connectivity index (χ0v) is 13.2. The molecule has 2 aliphatic heterocycles. The van der Waals surface area contributed by atoms with E-state index >= 15 is 0 Å². The van der Waals surface area contributed by atoms with Crippen molar-refractivity contribution in [3.05, 3.63) is 57.6 Å². The topological polar surface area (TPSA) is 61.0 Å². The highest BCUT2D eigenvalue weighted by atomic mass is 16.1. The molecule has 3 heterocycles. The van der Waals surface area contributed by atoms with Crippen molar-refractivity contribution in [3.8, 4) is 0 Å². The lowest BCUT2D eigenvalue weighted by atomic mass is 9.91. The predicted molar refractivity (Wildman–Crippen MR) is 90.7 cm³/mol. The molecular formula is C18H22N4O. The Labute approximate surface area is 135 Å².